The Morgan fingerprint density at radius 2 is 2.24 bits per heavy atom. The number of nitrogens with zero attached hydrogens (tertiary/aromatic N) is 2. The maximum atomic E-state index is 12.1. The maximum Gasteiger partial charge on any atom is 0.253 e. The van der Waals surface area contributed by atoms with E-state index in [4.69, 9.17) is 11.6 Å². The number of halogens is 1. The summed E-state index contributed by atoms with van der Waals surface area (Å²) in [5.74, 6) is 0.930. The number of carbonyl (C=O) groups excluding carboxylic acids is 1. The Morgan fingerprint density at radius 1 is 1.53 bits per heavy atom. The summed E-state index contributed by atoms with van der Waals surface area (Å²) < 4.78 is 0. The van der Waals surface area contributed by atoms with Crippen LogP contribution in [0.15, 0.2) is 12.1 Å². The number of thioether (sulfide) groups is 1. The number of amides is 1. The first-order valence-corrected chi connectivity index (χ1v) is 7.26. The molecule has 0 saturated carbocycles. The smallest absolute Gasteiger partial charge is 0.253 e. The van der Waals surface area contributed by atoms with Gasteiger partial charge in [0.15, 0.2) is 0 Å². The lowest BCUT2D eigenvalue weighted by Gasteiger charge is -2.16. The second-order valence-corrected chi connectivity index (χ2v) is 5.12. The van der Waals surface area contributed by atoms with Crippen LogP contribution in [0, 0.1) is 0 Å². The van der Waals surface area contributed by atoms with Crippen molar-refractivity contribution in [1.29, 1.82) is 0 Å². The number of hydrogen-bond donors (Lipinski definition) is 0. The predicted molar refractivity (Wildman–Crippen MR) is 74.0 cm³/mol. The molecule has 1 rings (SSSR count). The van der Waals surface area contributed by atoms with E-state index in [1.54, 1.807) is 29.8 Å². The van der Waals surface area contributed by atoms with Crippen LogP contribution in [0.3, 0.4) is 0 Å². The third kappa shape index (κ3) is 4.21. The average molecular weight is 273 g/mol. The van der Waals surface area contributed by atoms with Crippen LogP contribution in [0.1, 0.15) is 23.0 Å². The summed E-state index contributed by atoms with van der Waals surface area (Å²) >= 11 is 7.62. The van der Waals surface area contributed by atoms with Crippen LogP contribution >= 0.6 is 23.4 Å². The molecule has 0 spiro atoms. The number of pyridine rings is 1. The van der Waals surface area contributed by atoms with Crippen LogP contribution in [-0.2, 0) is 6.42 Å². The zero-order chi connectivity index (χ0) is 12.8. The molecule has 0 aliphatic heterocycles. The van der Waals surface area contributed by atoms with Crippen molar-refractivity contribution >= 4 is 29.3 Å². The first-order chi connectivity index (χ1) is 8.08. The summed E-state index contributed by atoms with van der Waals surface area (Å²) in [6.45, 7) is 2.73. The summed E-state index contributed by atoms with van der Waals surface area (Å²) in [5, 5.41) is 0.381. The topological polar surface area (TPSA) is 33.2 Å². The molecule has 0 radical (unpaired) electrons. The third-order valence-electron chi connectivity index (χ3n) is 2.43. The zero-order valence-electron chi connectivity index (χ0n) is 10.4. The summed E-state index contributed by atoms with van der Waals surface area (Å²) in [6.07, 6.45) is 2.80. The number of rotatable bonds is 5. The van der Waals surface area contributed by atoms with Crippen molar-refractivity contribution in [3.8, 4) is 0 Å². The first kappa shape index (κ1) is 14.3. The molecule has 1 aromatic rings. The van der Waals surface area contributed by atoms with Crippen molar-refractivity contribution < 1.29 is 4.79 Å². The molecule has 0 fully saturated rings. The van der Waals surface area contributed by atoms with Gasteiger partial charge in [-0.2, -0.15) is 11.8 Å². The second-order valence-electron chi connectivity index (χ2n) is 3.74. The van der Waals surface area contributed by atoms with E-state index in [1.165, 1.54) is 0 Å². The lowest BCUT2D eigenvalue weighted by Crippen LogP contribution is -2.29. The van der Waals surface area contributed by atoms with Crippen LogP contribution in [-0.4, -0.2) is 41.4 Å². The molecule has 1 aromatic heterocycles. The molecule has 94 valence electrons. The lowest BCUT2D eigenvalue weighted by molar-refractivity contribution is 0.0803. The van der Waals surface area contributed by atoms with E-state index in [0.717, 1.165) is 24.4 Å². The van der Waals surface area contributed by atoms with E-state index in [9.17, 15) is 4.79 Å². The minimum Gasteiger partial charge on any atom is -0.341 e. The van der Waals surface area contributed by atoms with Crippen molar-refractivity contribution in [3.05, 3.63) is 28.5 Å². The predicted octanol–water partition coefficient (Wildman–Crippen LogP) is 2.73. The molecule has 1 heterocycles. The monoisotopic (exact) mass is 272 g/mol. The molecule has 0 unspecified atom stereocenters. The summed E-state index contributed by atoms with van der Waals surface area (Å²) in [4.78, 5) is 18.0. The van der Waals surface area contributed by atoms with Gasteiger partial charge in [-0.25, -0.2) is 4.98 Å². The highest BCUT2D eigenvalue weighted by atomic mass is 35.5. The molecule has 3 nitrogen and oxygen atoms in total. The Balaban J connectivity index is 2.84. The second kappa shape index (κ2) is 6.87. The highest BCUT2D eigenvalue weighted by Crippen LogP contribution is 2.13. The normalized spacial score (nSPS) is 10.4. The fourth-order valence-electron chi connectivity index (χ4n) is 1.41. The van der Waals surface area contributed by atoms with E-state index < -0.39 is 0 Å². The molecular formula is C12H17ClN2OS. The molecule has 0 atom stereocenters. The van der Waals surface area contributed by atoms with Gasteiger partial charge < -0.3 is 4.90 Å². The fraction of sp³-hybridized carbons (Fsp3) is 0.500. The highest BCUT2D eigenvalue weighted by Gasteiger charge is 2.13. The van der Waals surface area contributed by atoms with E-state index in [-0.39, 0.29) is 5.91 Å². The average Bonchev–Trinajstić information content (AvgIpc) is 2.34. The Bertz CT molecular complexity index is 398. The van der Waals surface area contributed by atoms with Crippen LogP contribution < -0.4 is 0 Å². The maximum absolute atomic E-state index is 12.1. The van der Waals surface area contributed by atoms with Gasteiger partial charge >= 0.3 is 0 Å². The third-order valence-corrected chi connectivity index (χ3v) is 3.22. The van der Waals surface area contributed by atoms with Crippen LogP contribution in [0.2, 0.25) is 5.15 Å². The van der Waals surface area contributed by atoms with Gasteiger partial charge in [-0.05, 0) is 24.8 Å². The van der Waals surface area contributed by atoms with Crippen molar-refractivity contribution in [2.45, 2.75) is 13.3 Å². The molecule has 17 heavy (non-hydrogen) atoms. The van der Waals surface area contributed by atoms with Crippen molar-refractivity contribution in [3.63, 3.8) is 0 Å². The van der Waals surface area contributed by atoms with Gasteiger partial charge in [-0.3, -0.25) is 4.79 Å². The minimum atomic E-state index is -0.00181. The molecule has 0 bridgehead atoms. The molecule has 5 heteroatoms. The highest BCUT2D eigenvalue weighted by molar-refractivity contribution is 7.98. The number of aromatic nitrogens is 1. The molecule has 0 aliphatic rings. The van der Waals surface area contributed by atoms with Crippen molar-refractivity contribution in [2.75, 3.05) is 25.6 Å². The minimum absolute atomic E-state index is 0.00181. The molecule has 0 aromatic carbocycles. The van der Waals surface area contributed by atoms with E-state index in [0.29, 0.717) is 10.7 Å². The Hall–Kier alpha value is -0.740. The number of carbonyl (C=O) groups is 1. The summed E-state index contributed by atoms with van der Waals surface area (Å²) in [5.41, 5.74) is 1.46. The number of hydrogen-bond acceptors (Lipinski definition) is 3. The lowest BCUT2D eigenvalue weighted by atomic mass is 10.2. The number of aryl methyl sites for hydroxylation is 1. The van der Waals surface area contributed by atoms with E-state index in [2.05, 4.69) is 4.98 Å². The van der Waals surface area contributed by atoms with Gasteiger partial charge in [0.25, 0.3) is 5.91 Å². The van der Waals surface area contributed by atoms with Gasteiger partial charge in [-0.1, -0.05) is 18.5 Å². The van der Waals surface area contributed by atoms with Gasteiger partial charge in [0.05, 0.1) is 0 Å². The Labute approximate surface area is 112 Å². The molecule has 0 N–H and O–H groups in total. The zero-order valence-corrected chi connectivity index (χ0v) is 11.9. The largest absolute Gasteiger partial charge is 0.341 e. The SMILES string of the molecule is CCc1cc(C(=O)N(C)CCSC)cc(Cl)n1. The summed E-state index contributed by atoms with van der Waals surface area (Å²) in [6, 6.07) is 3.43. The van der Waals surface area contributed by atoms with Crippen LogP contribution in [0.4, 0.5) is 0 Å². The Morgan fingerprint density at radius 3 is 2.82 bits per heavy atom. The quantitative estimate of drug-likeness (QED) is 0.773. The Kier molecular flexibility index (Phi) is 5.78. The molecular weight excluding hydrogens is 256 g/mol. The van der Waals surface area contributed by atoms with Crippen LogP contribution in [0.25, 0.3) is 0 Å². The van der Waals surface area contributed by atoms with Crippen LogP contribution in [0.5, 0.6) is 0 Å². The first-order valence-electron chi connectivity index (χ1n) is 5.49. The van der Waals surface area contributed by atoms with Gasteiger partial charge in [0, 0.05) is 30.6 Å². The van der Waals surface area contributed by atoms with Gasteiger partial charge in [0.1, 0.15) is 5.15 Å². The molecule has 1 amide bonds. The summed E-state index contributed by atoms with van der Waals surface area (Å²) in [7, 11) is 1.80. The van der Waals surface area contributed by atoms with Gasteiger partial charge in [0.2, 0.25) is 0 Å². The van der Waals surface area contributed by atoms with Crippen molar-refractivity contribution in [2.24, 2.45) is 0 Å². The molecule has 0 aliphatic carbocycles. The van der Waals surface area contributed by atoms with Crippen molar-refractivity contribution in [1.82, 2.24) is 9.88 Å². The standard InChI is InChI=1S/C12H17ClN2OS/c1-4-10-7-9(8-11(13)14-10)12(16)15(2)5-6-17-3/h7-8H,4-6H2,1-3H3. The van der Waals surface area contributed by atoms with E-state index >= 15 is 0 Å². The van der Waals surface area contributed by atoms with Gasteiger partial charge in [-0.15, -0.1) is 0 Å². The van der Waals surface area contributed by atoms with E-state index in [1.807, 2.05) is 19.2 Å². The molecule has 0 saturated heterocycles. The fourth-order valence-corrected chi connectivity index (χ4v) is 2.09.